The van der Waals surface area contributed by atoms with Crippen LogP contribution >= 0.6 is 0 Å². The third-order valence-corrected chi connectivity index (χ3v) is 4.08. The zero-order chi connectivity index (χ0) is 14.2. The second-order valence-corrected chi connectivity index (χ2v) is 5.84. The van der Waals surface area contributed by atoms with Gasteiger partial charge in [0.1, 0.15) is 11.8 Å². The molecule has 0 amide bonds. The molecule has 4 heteroatoms. The number of fused-ring (bicyclic) bond motifs is 1. The third-order valence-electron chi connectivity index (χ3n) is 4.08. The number of hydrogen-bond donors (Lipinski definition) is 1. The summed E-state index contributed by atoms with van der Waals surface area (Å²) in [4.78, 5) is 14.5. The molecule has 0 aliphatic carbocycles. The number of ketones is 1. The Morgan fingerprint density at radius 3 is 2.80 bits per heavy atom. The number of carbonyl (C=O) groups is 1. The second kappa shape index (κ2) is 5.04. The van der Waals surface area contributed by atoms with E-state index in [0.29, 0.717) is 24.9 Å². The Labute approximate surface area is 118 Å². The molecule has 0 spiro atoms. The number of carbonyl (C=O) groups excluding carboxylic acids is 1. The first-order valence-electron chi connectivity index (χ1n) is 6.99. The highest BCUT2D eigenvalue weighted by molar-refractivity contribution is 6.08. The highest BCUT2D eigenvalue weighted by Gasteiger charge is 2.28. The number of furan rings is 1. The molecule has 0 saturated carbocycles. The fourth-order valence-electron chi connectivity index (χ4n) is 2.67. The van der Waals surface area contributed by atoms with Crippen molar-refractivity contribution in [1.29, 1.82) is 0 Å². The molecule has 4 nitrogen and oxygen atoms in total. The van der Waals surface area contributed by atoms with E-state index in [2.05, 4.69) is 4.90 Å². The molecule has 1 aromatic heterocycles. The Balaban J connectivity index is 1.71. The Morgan fingerprint density at radius 1 is 1.35 bits per heavy atom. The minimum absolute atomic E-state index is 0.0801. The number of piperidine rings is 1. The molecule has 3 rings (SSSR count). The topological polar surface area (TPSA) is 53.7 Å². The van der Waals surface area contributed by atoms with E-state index in [1.54, 1.807) is 6.26 Å². The zero-order valence-electron chi connectivity index (χ0n) is 11.6. The molecule has 2 aromatic rings. The van der Waals surface area contributed by atoms with Gasteiger partial charge in [-0.15, -0.1) is 0 Å². The first-order valence-corrected chi connectivity index (χ1v) is 6.99. The van der Waals surface area contributed by atoms with Gasteiger partial charge in [0.25, 0.3) is 0 Å². The molecule has 0 radical (unpaired) electrons. The van der Waals surface area contributed by atoms with Gasteiger partial charge in [-0.3, -0.25) is 9.69 Å². The number of rotatable bonds is 3. The molecule has 1 saturated heterocycles. The van der Waals surface area contributed by atoms with Crippen molar-refractivity contribution >= 4 is 16.8 Å². The maximum absolute atomic E-state index is 12.4. The van der Waals surface area contributed by atoms with Crippen LogP contribution < -0.4 is 0 Å². The standard InChI is InChI=1S/C16H19NO3/c1-16(19)6-8-17(9-7-16)10-14(18)13-11-20-15-5-3-2-4-12(13)15/h2-5,11,19H,6-10H2,1H3. The van der Waals surface area contributed by atoms with Gasteiger partial charge in [-0.1, -0.05) is 18.2 Å². The summed E-state index contributed by atoms with van der Waals surface area (Å²) in [7, 11) is 0. The minimum Gasteiger partial charge on any atom is -0.464 e. The van der Waals surface area contributed by atoms with Crippen molar-refractivity contribution in [3.05, 3.63) is 36.1 Å². The number of likely N-dealkylation sites (tertiary alicyclic amines) is 1. The van der Waals surface area contributed by atoms with E-state index in [1.165, 1.54) is 0 Å². The van der Waals surface area contributed by atoms with Crippen molar-refractivity contribution in [3.8, 4) is 0 Å². The molecular weight excluding hydrogens is 254 g/mol. The van der Waals surface area contributed by atoms with Crippen LogP contribution in [0.15, 0.2) is 34.9 Å². The molecule has 1 aromatic carbocycles. The molecule has 20 heavy (non-hydrogen) atoms. The molecule has 2 heterocycles. The van der Waals surface area contributed by atoms with Crippen molar-refractivity contribution in [2.24, 2.45) is 0 Å². The predicted molar refractivity (Wildman–Crippen MR) is 76.8 cm³/mol. The fourth-order valence-corrected chi connectivity index (χ4v) is 2.67. The normalized spacial score (nSPS) is 19.3. The maximum Gasteiger partial charge on any atom is 0.180 e. The minimum atomic E-state index is -0.581. The third kappa shape index (κ3) is 2.62. The lowest BCUT2D eigenvalue weighted by molar-refractivity contribution is -0.00419. The van der Waals surface area contributed by atoms with Gasteiger partial charge < -0.3 is 9.52 Å². The van der Waals surface area contributed by atoms with Crippen LogP contribution in [0.3, 0.4) is 0 Å². The van der Waals surface area contributed by atoms with Gasteiger partial charge in [-0.05, 0) is 25.8 Å². The average Bonchev–Trinajstić information content (AvgIpc) is 2.85. The van der Waals surface area contributed by atoms with Crippen LogP contribution in [-0.4, -0.2) is 41.0 Å². The highest BCUT2D eigenvalue weighted by Crippen LogP contribution is 2.24. The second-order valence-electron chi connectivity index (χ2n) is 5.84. The number of benzene rings is 1. The fraction of sp³-hybridized carbons (Fsp3) is 0.438. The monoisotopic (exact) mass is 273 g/mol. The van der Waals surface area contributed by atoms with Crippen molar-refractivity contribution in [3.63, 3.8) is 0 Å². The van der Waals surface area contributed by atoms with Crippen LogP contribution in [0.1, 0.15) is 30.1 Å². The number of nitrogens with zero attached hydrogens (tertiary/aromatic N) is 1. The van der Waals surface area contributed by atoms with Gasteiger partial charge >= 0.3 is 0 Å². The van der Waals surface area contributed by atoms with E-state index in [4.69, 9.17) is 4.42 Å². The van der Waals surface area contributed by atoms with Crippen LogP contribution in [0.2, 0.25) is 0 Å². The van der Waals surface area contributed by atoms with Gasteiger partial charge in [0.2, 0.25) is 0 Å². The van der Waals surface area contributed by atoms with Crippen molar-refractivity contribution < 1.29 is 14.3 Å². The Morgan fingerprint density at radius 2 is 2.05 bits per heavy atom. The Kier molecular flexibility index (Phi) is 3.36. The molecule has 0 unspecified atom stereocenters. The SMILES string of the molecule is CC1(O)CCN(CC(=O)c2coc3ccccc23)CC1. The molecule has 1 aliphatic heterocycles. The smallest absolute Gasteiger partial charge is 0.180 e. The van der Waals surface area contributed by atoms with E-state index in [9.17, 15) is 9.90 Å². The molecule has 106 valence electrons. The summed E-state index contributed by atoms with van der Waals surface area (Å²) >= 11 is 0. The molecule has 0 atom stereocenters. The van der Waals surface area contributed by atoms with E-state index in [0.717, 1.165) is 24.1 Å². The van der Waals surface area contributed by atoms with Gasteiger partial charge in [-0.25, -0.2) is 0 Å². The van der Waals surface area contributed by atoms with Crippen LogP contribution in [0, 0.1) is 0 Å². The van der Waals surface area contributed by atoms with Crippen molar-refractivity contribution in [2.45, 2.75) is 25.4 Å². The lowest BCUT2D eigenvalue weighted by Crippen LogP contribution is -2.44. The van der Waals surface area contributed by atoms with Crippen LogP contribution in [0.5, 0.6) is 0 Å². The summed E-state index contributed by atoms with van der Waals surface area (Å²) in [6.07, 6.45) is 2.98. The van der Waals surface area contributed by atoms with Gasteiger partial charge in [0, 0.05) is 18.5 Å². The molecule has 1 fully saturated rings. The Bertz CT molecular complexity index is 619. The van der Waals surface area contributed by atoms with Crippen LogP contribution in [0.4, 0.5) is 0 Å². The summed E-state index contributed by atoms with van der Waals surface area (Å²) < 4.78 is 5.41. The van der Waals surface area contributed by atoms with E-state index < -0.39 is 5.60 Å². The predicted octanol–water partition coefficient (Wildman–Crippen LogP) is 2.46. The quantitative estimate of drug-likeness (QED) is 0.873. The summed E-state index contributed by atoms with van der Waals surface area (Å²) in [6, 6.07) is 7.58. The number of hydrogen-bond acceptors (Lipinski definition) is 4. The Hall–Kier alpha value is -1.65. The molecular formula is C16H19NO3. The summed E-state index contributed by atoms with van der Waals surface area (Å²) in [5.74, 6) is 0.0801. The highest BCUT2D eigenvalue weighted by atomic mass is 16.3. The number of aliphatic hydroxyl groups is 1. The van der Waals surface area contributed by atoms with Crippen molar-refractivity contribution in [2.75, 3.05) is 19.6 Å². The summed E-state index contributed by atoms with van der Waals surface area (Å²) in [6.45, 7) is 3.76. The van der Waals surface area contributed by atoms with Crippen LogP contribution in [-0.2, 0) is 0 Å². The number of Topliss-reactive ketones (excluding diaryl/α,β-unsaturated/α-hetero) is 1. The van der Waals surface area contributed by atoms with Crippen LogP contribution in [0.25, 0.3) is 11.0 Å². The van der Waals surface area contributed by atoms with Gasteiger partial charge in [-0.2, -0.15) is 0 Å². The van der Waals surface area contributed by atoms with E-state index >= 15 is 0 Å². The lowest BCUT2D eigenvalue weighted by atomic mass is 9.93. The molecule has 1 N–H and O–H groups in total. The summed E-state index contributed by atoms with van der Waals surface area (Å²) in [5.41, 5.74) is 0.817. The molecule has 1 aliphatic rings. The maximum atomic E-state index is 12.4. The first-order chi connectivity index (χ1) is 9.55. The van der Waals surface area contributed by atoms with Gasteiger partial charge in [0.05, 0.1) is 17.7 Å². The summed E-state index contributed by atoms with van der Waals surface area (Å²) in [5, 5.41) is 10.8. The lowest BCUT2D eigenvalue weighted by Gasteiger charge is -2.35. The van der Waals surface area contributed by atoms with Gasteiger partial charge in [0.15, 0.2) is 5.78 Å². The first kappa shape index (κ1) is 13.3. The van der Waals surface area contributed by atoms with E-state index in [1.807, 2.05) is 31.2 Å². The zero-order valence-corrected chi connectivity index (χ0v) is 11.6. The molecule has 0 bridgehead atoms. The van der Waals surface area contributed by atoms with Crippen molar-refractivity contribution in [1.82, 2.24) is 4.90 Å². The average molecular weight is 273 g/mol. The van der Waals surface area contributed by atoms with E-state index in [-0.39, 0.29) is 5.78 Å². The largest absolute Gasteiger partial charge is 0.464 e. The number of para-hydroxylation sites is 1.